The lowest BCUT2D eigenvalue weighted by Crippen LogP contribution is -2.44. The Morgan fingerprint density at radius 1 is 0.648 bits per heavy atom. The zero-order valence-electron chi connectivity index (χ0n) is 45.0. The van der Waals surface area contributed by atoms with Gasteiger partial charge in [-0.2, -0.15) is 50.0 Å². The molecule has 88 heavy (non-hydrogen) atoms. The molecule has 2 aliphatic rings. The van der Waals surface area contributed by atoms with Crippen LogP contribution in [0.5, 0.6) is 0 Å². The van der Waals surface area contributed by atoms with Gasteiger partial charge in [0.25, 0.3) is 0 Å². The van der Waals surface area contributed by atoms with Crippen molar-refractivity contribution in [1.82, 2.24) is 59.7 Å². The van der Waals surface area contributed by atoms with Crippen molar-refractivity contribution in [1.29, 1.82) is 0 Å². The molecule has 35 heteroatoms. The molecule has 0 saturated carbocycles. The molecule has 3 amide bonds. The highest BCUT2D eigenvalue weighted by Crippen LogP contribution is 2.32. The summed E-state index contributed by atoms with van der Waals surface area (Å²) in [7, 11) is 0. The van der Waals surface area contributed by atoms with Gasteiger partial charge in [0.2, 0.25) is 29.6 Å². The molecule has 0 spiro atoms. The van der Waals surface area contributed by atoms with Crippen molar-refractivity contribution in [2.75, 3.05) is 35.2 Å². The maximum Gasteiger partial charge on any atom is 0.433 e. The summed E-state index contributed by atoms with van der Waals surface area (Å²) in [6, 6.07) is 14.5. The van der Waals surface area contributed by atoms with E-state index < -0.39 is 84.9 Å². The van der Waals surface area contributed by atoms with Crippen LogP contribution in [0.2, 0.25) is 0 Å². The molecule has 2 aliphatic heterocycles. The number of hydrogen-bond acceptors (Lipinski definition) is 19. The average molecular weight is 1310 g/mol. The Kier molecular flexibility index (Phi) is 25.0. The lowest BCUT2D eigenvalue weighted by Gasteiger charge is -2.23. The number of benzene rings is 2. The van der Waals surface area contributed by atoms with Gasteiger partial charge < -0.3 is 37.4 Å². The summed E-state index contributed by atoms with van der Waals surface area (Å²) in [5, 5.41) is 25.5. The molecule has 10 rings (SSSR count). The van der Waals surface area contributed by atoms with Gasteiger partial charge in [0, 0.05) is 102 Å². The predicted molar refractivity (Wildman–Crippen MR) is 319 cm³/mol. The van der Waals surface area contributed by atoms with Crippen LogP contribution in [-0.4, -0.2) is 132 Å². The quantitative estimate of drug-likeness (QED) is 0.0508. The Balaban J connectivity index is 0.000000299. The maximum atomic E-state index is 14.4. The third-order valence-electron chi connectivity index (χ3n) is 12.6. The lowest BCUT2D eigenvalue weighted by molar-refractivity contribution is -0.141. The van der Waals surface area contributed by atoms with Crippen LogP contribution >= 0.6 is 25.9 Å². The highest BCUT2D eigenvalue weighted by molar-refractivity contribution is 8.07. The molecular weight excluding hydrogens is 1260 g/mol. The maximum absolute atomic E-state index is 14.4. The zero-order chi connectivity index (χ0) is 62.1. The minimum absolute atomic E-state index is 0. The predicted octanol–water partition coefficient (Wildman–Crippen LogP) is 7.54. The molecule has 2 saturated heterocycles. The fraction of sp³-hybridized carbons (Fsp3) is 0.283. The van der Waals surface area contributed by atoms with Gasteiger partial charge in [0.05, 0.1) is 23.6 Å². The number of hydrogen-bond donors (Lipinski definition) is 6. The van der Waals surface area contributed by atoms with E-state index in [1.165, 1.54) is 41.7 Å². The highest BCUT2D eigenvalue weighted by atomic mass is 35.5. The van der Waals surface area contributed by atoms with Crippen molar-refractivity contribution in [3.05, 3.63) is 120 Å². The first kappa shape index (κ1) is 71.6. The number of fused-ring (bicyclic) bond motifs is 2. The molecule has 0 unspecified atom stereocenters. The number of anilines is 4. The largest absolute Gasteiger partial charge is 0.480 e. The summed E-state index contributed by atoms with van der Waals surface area (Å²) in [6.07, 6.45) is -6.09. The first-order valence-corrected chi connectivity index (χ1v) is 26.1. The summed E-state index contributed by atoms with van der Waals surface area (Å²) in [5.41, 5.74) is 12.9. The fourth-order valence-corrected chi connectivity index (χ4v) is 8.75. The van der Waals surface area contributed by atoms with Crippen molar-refractivity contribution in [3.63, 3.8) is 0 Å². The van der Waals surface area contributed by atoms with E-state index in [0.717, 1.165) is 46.4 Å². The Hall–Kier alpha value is -8.86. The zero-order valence-corrected chi connectivity index (χ0v) is 48.5. The fourth-order valence-electron chi connectivity index (χ4n) is 8.75. The number of carbonyl (C=O) groups excluding carboxylic acids is 5. The molecule has 0 radical (unpaired) electrons. The molecule has 8 aromatic rings. The van der Waals surface area contributed by atoms with Crippen molar-refractivity contribution < 1.29 is 69.0 Å². The molecular formula is C53H53ClF8N16O7S3. The summed E-state index contributed by atoms with van der Waals surface area (Å²) in [5.74, 6) is -4.07. The van der Waals surface area contributed by atoms with Gasteiger partial charge >= 0.3 is 18.3 Å². The summed E-state index contributed by atoms with van der Waals surface area (Å²) >= 11 is 7.33. The van der Waals surface area contributed by atoms with E-state index in [2.05, 4.69) is 78.4 Å². The van der Waals surface area contributed by atoms with E-state index in [0.29, 0.717) is 32.9 Å². The third-order valence-corrected chi connectivity index (χ3v) is 12.6. The molecule has 8 heterocycles. The van der Waals surface area contributed by atoms with E-state index in [1.54, 1.807) is 48.8 Å². The molecule has 2 fully saturated rings. The lowest BCUT2D eigenvalue weighted by atomic mass is 10.0. The van der Waals surface area contributed by atoms with Crippen molar-refractivity contribution >= 4 is 129 Å². The van der Waals surface area contributed by atoms with Crippen molar-refractivity contribution in [2.45, 2.75) is 84.0 Å². The van der Waals surface area contributed by atoms with Crippen LogP contribution in [0.15, 0.2) is 97.6 Å². The second-order valence-electron chi connectivity index (χ2n) is 18.6. The molecule has 468 valence electrons. The highest BCUT2D eigenvalue weighted by Gasteiger charge is 2.41. The third kappa shape index (κ3) is 17.9. The van der Waals surface area contributed by atoms with Gasteiger partial charge in [0.1, 0.15) is 65.9 Å². The number of nitrogen functional groups attached to an aromatic ring is 2. The van der Waals surface area contributed by atoms with Gasteiger partial charge in [-0.25, -0.2) is 38.7 Å². The minimum atomic E-state index is -4.73. The van der Waals surface area contributed by atoms with E-state index in [9.17, 15) is 63.9 Å². The number of halogens is 9. The number of nitrogens with two attached hydrogens (primary N) is 2. The van der Waals surface area contributed by atoms with E-state index >= 15 is 0 Å². The number of aliphatic carboxylic acids is 1. The smallest absolute Gasteiger partial charge is 0.433 e. The van der Waals surface area contributed by atoms with Crippen molar-refractivity contribution in [2.24, 2.45) is 0 Å². The monoisotopic (exact) mass is 1310 g/mol. The van der Waals surface area contributed by atoms with Gasteiger partial charge in [-0.3, -0.25) is 38.1 Å². The molecule has 6 aromatic heterocycles. The molecule has 8 N–H and O–H groups in total. The normalized spacial score (nSPS) is 15.9. The number of aromatic nitrogens is 10. The Morgan fingerprint density at radius 3 is 1.48 bits per heavy atom. The number of ketones is 2. The number of alkyl halides is 8. The van der Waals surface area contributed by atoms with E-state index in [4.69, 9.17) is 16.6 Å². The number of nitrogens with one attached hydrogen (secondary N) is 3. The van der Waals surface area contributed by atoms with Crippen LogP contribution < -0.4 is 27.4 Å². The molecule has 0 bridgehead atoms. The SMILES string of the molecule is C.CC(=O)c1nn(CC(=O)N2C[C@H](F)C[C@H]2C(=O)Nc2cccc(C(F)(F)F)n2)c2ccc(-c3cnc(N)nc3)cc12.CC(=O)c1nn(CC(=O)O)c2ccc(-c3cnc(N)nc3)cc12.Cl.O=C(Nc1cccc(C(F)(F)F)n1)[C@@H]1C[C@@H](F)CN1.S.S=S. The van der Waals surface area contributed by atoms with Crippen LogP contribution in [0.4, 0.5) is 58.7 Å². The molecule has 23 nitrogen and oxygen atoms in total. The number of pyridine rings is 2. The number of carbonyl (C=O) groups is 6. The van der Waals surface area contributed by atoms with Crippen molar-refractivity contribution in [3.8, 4) is 22.3 Å². The number of amides is 3. The van der Waals surface area contributed by atoms with Crippen LogP contribution in [0.25, 0.3) is 44.1 Å². The summed E-state index contributed by atoms with van der Waals surface area (Å²) in [6.45, 7) is 1.65. The van der Waals surface area contributed by atoms with Gasteiger partial charge in [-0.05, 0) is 59.7 Å². The first-order valence-electron chi connectivity index (χ1n) is 24.8. The number of rotatable bonds is 12. The van der Waals surface area contributed by atoms with E-state index in [1.807, 2.05) is 0 Å². The van der Waals surface area contributed by atoms with E-state index in [-0.39, 0.29) is 106 Å². The second kappa shape index (κ2) is 30.7. The number of likely N-dealkylation sites (tertiary alicyclic amines) is 1. The van der Waals surface area contributed by atoms with Crippen LogP contribution in [-0.2, 0) is 67.0 Å². The topological polar surface area (TPSA) is 327 Å². The second-order valence-corrected chi connectivity index (χ2v) is 18.6. The Labute approximate surface area is 517 Å². The van der Waals surface area contributed by atoms with Crippen LogP contribution in [0, 0.1) is 0 Å². The van der Waals surface area contributed by atoms with Gasteiger partial charge in [0.15, 0.2) is 11.6 Å². The van der Waals surface area contributed by atoms with Gasteiger partial charge in [-0.15, -0.1) is 12.4 Å². The number of Topliss-reactive ketones (excluding diaryl/α,β-unsaturated/α-hetero) is 2. The summed E-state index contributed by atoms with van der Waals surface area (Å²) in [4.78, 5) is 96.4. The first-order chi connectivity index (χ1) is 40.2. The number of carboxylic acid groups (broad SMARTS) is 1. The van der Waals surface area contributed by atoms with Crippen LogP contribution in [0.3, 0.4) is 0 Å². The van der Waals surface area contributed by atoms with Gasteiger partial charge in [-0.1, -0.05) is 31.7 Å². The van der Waals surface area contributed by atoms with Crippen LogP contribution in [0.1, 0.15) is 66.5 Å². The number of carboxylic acids is 1. The molecule has 2 aromatic carbocycles. The minimum Gasteiger partial charge on any atom is -0.480 e. The Morgan fingerprint density at radius 2 is 1.08 bits per heavy atom. The summed E-state index contributed by atoms with van der Waals surface area (Å²) < 4.78 is 106. The molecule has 0 aliphatic carbocycles. The number of nitrogens with zero attached hydrogens (tertiary/aromatic N) is 11. The average Bonchev–Trinajstić information content (AvgIpc) is 4.44. The standard InChI is InChI=1S/C26H22F4N8O3.C15H13N5O3.C11H11F4N3O.CH4.ClH.S2.H2S/c1-13(39)23-17-7-14(15-9-32-25(31)33-10-15)5-6-18(17)38(36-23)12-22(40)37-11-16(27)8-19(37)24(41)35-21-4-2-3-20(34-21)26(28,29)30;1-8(21)14-11-4-9(10-5-17-15(16)18-6-10)2-3-12(11)20(19-14)7-13(22)23;12-6-4-7(16-5-6)10(19)18-9-3-1-2-8(17-9)11(13,14)15;;;1-2;/h2-7,9-10,16,19H,8,11-12H2,1H3,(H2,31,32,33)(H,34,35,41);2-6H,7H2,1H3,(H,22,23)(H2,16,17,18);1-3,6-7,16H,4-5H2,(H,17,18,19);1H4;1H;;1H2/t16-,19+;;6-,7+;;;;/m1.1..../s1. The Bertz CT molecular complexity index is 3810. The molecule has 4 atom stereocenters.